The highest BCUT2D eigenvalue weighted by Gasteiger charge is 2.24. The first-order chi connectivity index (χ1) is 8.69. The lowest BCUT2D eigenvalue weighted by molar-refractivity contribution is 0.415. The third-order valence-electron chi connectivity index (χ3n) is 2.88. The average Bonchev–Trinajstić information content (AvgIpc) is 3.18. The topological polar surface area (TPSA) is 49.8 Å². The summed E-state index contributed by atoms with van der Waals surface area (Å²) in [6.07, 6.45) is 5.82. The normalized spacial score (nSPS) is 16.8. The third-order valence-corrected chi connectivity index (χ3v) is 3.56. The van der Waals surface area contributed by atoms with Gasteiger partial charge in [-0.05, 0) is 42.5 Å². The van der Waals surface area contributed by atoms with Crippen molar-refractivity contribution in [2.75, 3.05) is 13.7 Å². The number of hydrogen-bond donors (Lipinski definition) is 1. The van der Waals surface area contributed by atoms with Crippen LogP contribution in [0.4, 0.5) is 0 Å². The second-order valence-electron chi connectivity index (χ2n) is 4.36. The van der Waals surface area contributed by atoms with E-state index in [1.54, 1.807) is 13.3 Å². The Balaban J connectivity index is 1.99. The predicted octanol–water partition coefficient (Wildman–Crippen LogP) is 2.51. The van der Waals surface area contributed by atoms with Crippen LogP contribution in [0.1, 0.15) is 18.4 Å². The molecule has 0 radical (unpaired) electrons. The van der Waals surface area contributed by atoms with E-state index in [9.17, 15) is 8.76 Å². The molecule has 1 N–H and O–H groups in total. The molecule has 1 aromatic rings. The van der Waals surface area contributed by atoms with Crippen LogP contribution in [0.2, 0.25) is 0 Å². The molecule has 0 saturated heterocycles. The number of nitrogens with zero attached hydrogens (tertiary/aromatic N) is 1. The minimum absolute atomic E-state index is 0.571. The molecular weight excluding hydrogens is 250 g/mol. The molecular formula is C13H17NO3S. The molecule has 98 valence electrons. The fourth-order valence-corrected chi connectivity index (χ4v) is 2.12. The van der Waals surface area contributed by atoms with Gasteiger partial charge in [-0.15, -0.1) is 0 Å². The summed E-state index contributed by atoms with van der Waals surface area (Å²) < 4.78 is 26.9. The Bertz CT molecular complexity index is 440. The molecule has 0 bridgehead atoms. The molecule has 0 aliphatic heterocycles. The molecule has 1 aliphatic rings. The Morgan fingerprint density at radius 3 is 2.61 bits per heavy atom. The van der Waals surface area contributed by atoms with Gasteiger partial charge in [0.05, 0.1) is 7.11 Å². The number of ether oxygens (including phenoxy) is 1. The lowest BCUT2D eigenvalue weighted by Crippen LogP contribution is -2.21. The predicted molar refractivity (Wildman–Crippen MR) is 72.2 cm³/mol. The molecule has 1 fully saturated rings. The van der Waals surface area contributed by atoms with Gasteiger partial charge in [0, 0.05) is 12.7 Å². The Morgan fingerprint density at radius 2 is 2.11 bits per heavy atom. The van der Waals surface area contributed by atoms with Gasteiger partial charge in [0.2, 0.25) is 0 Å². The SMILES string of the molecule is COc1ccc(C=CN(CC2CC2)S(=O)O)cc1. The third kappa shape index (κ3) is 3.85. The Hall–Kier alpha value is -1.33. The molecule has 0 heterocycles. The van der Waals surface area contributed by atoms with Crippen molar-refractivity contribution in [3.8, 4) is 5.75 Å². The van der Waals surface area contributed by atoms with Gasteiger partial charge in [-0.3, -0.25) is 8.86 Å². The average molecular weight is 267 g/mol. The number of methoxy groups -OCH3 is 1. The summed E-state index contributed by atoms with van der Waals surface area (Å²) in [5.41, 5.74) is 0.974. The molecule has 0 aromatic heterocycles. The maximum Gasteiger partial charge on any atom is 0.261 e. The van der Waals surface area contributed by atoms with Crippen LogP contribution in [0.3, 0.4) is 0 Å². The Morgan fingerprint density at radius 1 is 1.44 bits per heavy atom. The van der Waals surface area contributed by atoms with Crippen LogP contribution >= 0.6 is 0 Å². The Kier molecular flexibility index (Phi) is 4.38. The quantitative estimate of drug-likeness (QED) is 0.806. The van der Waals surface area contributed by atoms with E-state index in [0.717, 1.165) is 24.2 Å². The first-order valence-electron chi connectivity index (χ1n) is 5.89. The van der Waals surface area contributed by atoms with Crippen LogP contribution < -0.4 is 4.74 Å². The number of rotatable bonds is 6. The van der Waals surface area contributed by atoms with Gasteiger partial charge in [0.25, 0.3) is 11.3 Å². The van der Waals surface area contributed by atoms with Crippen LogP contribution in [-0.4, -0.2) is 26.7 Å². The summed E-state index contributed by atoms with van der Waals surface area (Å²) in [5, 5.41) is 0. The van der Waals surface area contributed by atoms with Crippen LogP contribution in [-0.2, 0) is 11.3 Å². The van der Waals surface area contributed by atoms with E-state index in [1.807, 2.05) is 30.3 Å². The fourth-order valence-electron chi connectivity index (χ4n) is 1.62. The minimum Gasteiger partial charge on any atom is -0.497 e. The summed E-state index contributed by atoms with van der Waals surface area (Å²) in [7, 11) is 1.62. The van der Waals surface area contributed by atoms with Gasteiger partial charge in [-0.1, -0.05) is 12.1 Å². The highest BCUT2D eigenvalue weighted by molar-refractivity contribution is 7.76. The van der Waals surface area contributed by atoms with E-state index in [2.05, 4.69) is 0 Å². The highest BCUT2D eigenvalue weighted by atomic mass is 32.2. The van der Waals surface area contributed by atoms with Gasteiger partial charge in [0.1, 0.15) is 5.75 Å². The van der Waals surface area contributed by atoms with E-state index >= 15 is 0 Å². The van der Waals surface area contributed by atoms with E-state index in [-0.39, 0.29) is 0 Å². The van der Waals surface area contributed by atoms with Crippen LogP contribution in [0, 0.1) is 5.92 Å². The van der Waals surface area contributed by atoms with E-state index in [4.69, 9.17) is 4.74 Å². The van der Waals surface area contributed by atoms with Gasteiger partial charge < -0.3 is 4.74 Å². The molecule has 5 heteroatoms. The minimum atomic E-state index is -1.94. The summed E-state index contributed by atoms with van der Waals surface area (Å²) in [6, 6.07) is 7.54. The van der Waals surface area contributed by atoms with Crippen LogP contribution in [0.15, 0.2) is 30.5 Å². The van der Waals surface area contributed by atoms with E-state index in [0.29, 0.717) is 12.5 Å². The Labute approximate surface area is 110 Å². The monoisotopic (exact) mass is 267 g/mol. The summed E-state index contributed by atoms with van der Waals surface area (Å²) >= 11 is -1.94. The van der Waals surface area contributed by atoms with Crippen molar-refractivity contribution in [1.82, 2.24) is 4.31 Å². The summed E-state index contributed by atoms with van der Waals surface area (Å²) in [5.74, 6) is 1.37. The standard InChI is InChI=1S/C13H17NO3S/c1-17-13-6-4-11(5-7-13)8-9-14(18(15)16)10-12-2-3-12/h4-9,12H,2-3,10H2,1H3,(H,15,16). The summed E-state index contributed by atoms with van der Waals surface area (Å²) in [6.45, 7) is 0.649. The van der Waals surface area contributed by atoms with Crippen molar-refractivity contribution in [1.29, 1.82) is 0 Å². The van der Waals surface area contributed by atoms with Gasteiger partial charge >= 0.3 is 0 Å². The molecule has 4 nitrogen and oxygen atoms in total. The van der Waals surface area contributed by atoms with Crippen LogP contribution in [0.5, 0.6) is 5.75 Å². The lowest BCUT2D eigenvalue weighted by Gasteiger charge is -2.14. The fraction of sp³-hybridized carbons (Fsp3) is 0.385. The van der Waals surface area contributed by atoms with E-state index < -0.39 is 11.3 Å². The molecule has 1 aromatic carbocycles. The molecule has 1 atom stereocenters. The molecule has 1 unspecified atom stereocenters. The van der Waals surface area contributed by atoms with Crippen LogP contribution in [0.25, 0.3) is 6.08 Å². The second-order valence-corrected chi connectivity index (χ2v) is 5.29. The zero-order valence-corrected chi connectivity index (χ0v) is 11.1. The van der Waals surface area contributed by atoms with E-state index in [1.165, 1.54) is 4.31 Å². The van der Waals surface area contributed by atoms with Crippen molar-refractivity contribution in [2.24, 2.45) is 5.92 Å². The maximum atomic E-state index is 11.2. The smallest absolute Gasteiger partial charge is 0.261 e. The number of benzene rings is 1. The largest absolute Gasteiger partial charge is 0.497 e. The maximum absolute atomic E-state index is 11.2. The lowest BCUT2D eigenvalue weighted by atomic mass is 10.2. The summed E-state index contributed by atoms with van der Waals surface area (Å²) in [4.78, 5) is 0. The van der Waals surface area contributed by atoms with Gasteiger partial charge in [-0.2, -0.15) is 0 Å². The van der Waals surface area contributed by atoms with Gasteiger partial charge in [-0.25, -0.2) is 4.21 Å². The zero-order valence-electron chi connectivity index (χ0n) is 10.3. The number of hydrogen-bond acceptors (Lipinski definition) is 2. The second kappa shape index (κ2) is 6.02. The molecule has 2 rings (SSSR count). The van der Waals surface area contributed by atoms with Crippen molar-refractivity contribution in [3.05, 3.63) is 36.0 Å². The zero-order chi connectivity index (χ0) is 13.0. The van der Waals surface area contributed by atoms with Crippen molar-refractivity contribution >= 4 is 17.3 Å². The van der Waals surface area contributed by atoms with Gasteiger partial charge in [0.15, 0.2) is 0 Å². The molecule has 1 saturated carbocycles. The molecule has 1 aliphatic carbocycles. The molecule has 0 spiro atoms. The molecule has 0 amide bonds. The highest BCUT2D eigenvalue weighted by Crippen LogP contribution is 2.30. The first kappa shape index (κ1) is 13.1. The van der Waals surface area contributed by atoms with Crippen molar-refractivity contribution in [3.63, 3.8) is 0 Å². The van der Waals surface area contributed by atoms with Crippen molar-refractivity contribution in [2.45, 2.75) is 12.8 Å². The van der Waals surface area contributed by atoms with Crippen molar-refractivity contribution < 1.29 is 13.5 Å². The first-order valence-corrected chi connectivity index (χ1v) is 6.95. The molecule has 18 heavy (non-hydrogen) atoms.